The summed E-state index contributed by atoms with van der Waals surface area (Å²) in [5.41, 5.74) is 9.46. The Balaban J connectivity index is 1.17. The molecule has 0 aliphatic carbocycles. The van der Waals surface area contributed by atoms with E-state index in [0.29, 0.717) is 17.1 Å². The van der Waals surface area contributed by atoms with Gasteiger partial charge in [-0.05, 0) is 48.9 Å². The third-order valence-corrected chi connectivity index (χ3v) is 6.78. The largest absolute Gasteiger partial charge is 0.507 e. The van der Waals surface area contributed by atoms with E-state index in [-0.39, 0.29) is 11.9 Å². The van der Waals surface area contributed by atoms with Gasteiger partial charge in [-0.25, -0.2) is 0 Å². The van der Waals surface area contributed by atoms with Crippen molar-refractivity contribution < 1.29 is 9.84 Å². The van der Waals surface area contributed by atoms with Crippen LogP contribution in [0.5, 0.6) is 11.5 Å². The standard InChI is InChI=1S/C27H34N6O2/c1-2-10-31-11-13-32(14-12-31)17-20-6-5-7-21(15-20)35-22-18-33(19-22)25-16-24(29-30-27(25)28)23-8-3-4-9-26(23)34/h3-9,15-16,22,34H,2,10-14,17-19H2,1H3,(H2,28,30). The number of benzene rings is 2. The number of phenols is 1. The smallest absolute Gasteiger partial charge is 0.169 e. The fourth-order valence-electron chi connectivity index (χ4n) is 4.83. The molecule has 0 unspecified atom stereocenters. The maximum Gasteiger partial charge on any atom is 0.169 e. The Morgan fingerprint density at radius 1 is 0.971 bits per heavy atom. The first-order chi connectivity index (χ1) is 17.1. The zero-order valence-electron chi connectivity index (χ0n) is 20.3. The molecule has 3 N–H and O–H groups in total. The van der Waals surface area contributed by atoms with Gasteiger partial charge in [-0.1, -0.05) is 31.2 Å². The Labute approximate surface area is 206 Å². The number of piperazine rings is 1. The van der Waals surface area contributed by atoms with Gasteiger partial charge in [0.05, 0.1) is 24.5 Å². The number of aromatic hydroxyl groups is 1. The van der Waals surface area contributed by atoms with E-state index in [4.69, 9.17) is 10.5 Å². The molecule has 0 atom stereocenters. The van der Waals surface area contributed by atoms with Gasteiger partial charge in [-0.3, -0.25) is 4.90 Å². The van der Waals surface area contributed by atoms with Gasteiger partial charge in [0.25, 0.3) is 0 Å². The molecule has 2 aliphatic heterocycles. The molecule has 35 heavy (non-hydrogen) atoms. The van der Waals surface area contributed by atoms with Crippen molar-refractivity contribution >= 4 is 11.5 Å². The summed E-state index contributed by atoms with van der Waals surface area (Å²) in [6.07, 6.45) is 1.31. The SMILES string of the molecule is CCCN1CCN(Cc2cccc(OC3CN(c4cc(-c5ccccc5O)nnc4N)C3)c2)CC1. The number of hydrogen-bond acceptors (Lipinski definition) is 8. The minimum atomic E-state index is 0.0870. The molecule has 0 radical (unpaired) electrons. The molecular weight excluding hydrogens is 440 g/mol. The number of hydrogen-bond donors (Lipinski definition) is 2. The van der Waals surface area contributed by atoms with Gasteiger partial charge in [0.15, 0.2) is 5.82 Å². The molecule has 8 heteroatoms. The molecule has 2 aliphatic rings. The number of rotatable bonds is 8. The molecule has 2 aromatic carbocycles. The minimum absolute atomic E-state index is 0.0870. The van der Waals surface area contributed by atoms with Gasteiger partial charge in [-0.2, -0.15) is 0 Å². The summed E-state index contributed by atoms with van der Waals surface area (Å²) in [6.45, 7) is 10.4. The van der Waals surface area contributed by atoms with Crippen LogP contribution >= 0.6 is 0 Å². The number of nitrogens with zero attached hydrogens (tertiary/aromatic N) is 5. The van der Waals surface area contributed by atoms with Crippen molar-refractivity contribution in [1.82, 2.24) is 20.0 Å². The lowest BCUT2D eigenvalue weighted by Crippen LogP contribution is -2.54. The van der Waals surface area contributed by atoms with Gasteiger partial charge in [0, 0.05) is 38.3 Å². The third-order valence-electron chi connectivity index (χ3n) is 6.78. The van der Waals surface area contributed by atoms with Crippen molar-refractivity contribution in [2.75, 3.05) is 56.4 Å². The second-order valence-electron chi connectivity index (χ2n) is 9.43. The fourth-order valence-corrected chi connectivity index (χ4v) is 4.83. The van der Waals surface area contributed by atoms with E-state index < -0.39 is 0 Å². The maximum atomic E-state index is 10.2. The van der Waals surface area contributed by atoms with Gasteiger partial charge in [-0.15, -0.1) is 10.2 Å². The van der Waals surface area contributed by atoms with E-state index in [1.165, 1.54) is 18.5 Å². The number of ether oxygens (including phenoxy) is 1. The van der Waals surface area contributed by atoms with Gasteiger partial charge < -0.3 is 25.4 Å². The van der Waals surface area contributed by atoms with E-state index in [1.54, 1.807) is 12.1 Å². The predicted octanol–water partition coefficient (Wildman–Crippen LogP) is 3.23. The highest BCUT2D eigenvalue weighted by Gasteiger charge is 2.31. The number of nitrogen functional groups attached to an aromatic ring is 1. The zero-order valence-corrected chi connectivity index (χ0v) is 20.3. The highest BCUT2D eigenvalue weighted by atomic mass is 16.5. The van der Waals surface area contributed by atoms with Crippen molar-refractivity contribution in [2.24, 2.45) is 0 Å². The van der Waals surface area contributed by atoms with Crippen molar-refractivity contribution in [1.29, 1.82) is 0 Å². The highest BCUT2D eigenvalue weighted by Crippen LogP contribution is 2.33. The van der Waals surface area contributed by atoms with E-state index in [9.17, 15) is 5.11 Å². The van der Waals surface area contributed by atoms with Gasteiger partial charge >= 0.3 is 0 Å². The first kappa shape index (κ1) is 23.4. The Kier molecular flexibility index (Phi) is 7.01. The highest BCUT2D eigenvalue weighted by molar-refractivity contribution is 5.74. The number of nitrogens with two attached hydrogens (primary N) is 1. The summed E-state index contributed by atoms with van der Waals surface area (Å²) in [4.78, 5) is 7.21. The van der Waals surface area contributed by atoms with Gasteiger partial charge in [0.1, 0.15) is 17.6 Å². The molecular formula is C27H34N6O2. The molecule has 0 saturated carbocycles. The summed E-state index contributed by atoms with van der Waals surface area (Å²) in [6, 6.07) is 17.4. The molecule has 3 heterocycles. The van der Waals surface area contributed by atoms with Gasteiger partial charge in [0.2, 0.25) is 0 Å². The number of phenolic OH excluding ortho intramolecular Hbond substituents is 1. The Morgan fingerprint density at radius 3 is 2.51 bits per heavy atom. The molecule has 2 fully saturated rings. The second-order valence-corrected chi connectivity index (χ2v) is 9.43. The normalized spacial score (nSPS) is 17.3. The van der Waals surface area contributed by atoms with Crippen LogP contribution in [0.25, 0.3) is 11.3 Å². The summed E-state index contributed by atoms with van der Waals surface area (Å²) in [5, 5.41) is 18.4. The van der Waals surface area contributed by atoms with E-state index in [1.807, 2.05) is 24.3 Å². The molecule has 1 aromatic heterocycles. The lowest BCUT2D eigenvalue weighted by Gasteiger charge is -2.41. The lowest BCUT2D eigenvalue weighted by atomic mass is 10.1. The first-order valence-corrected chi connectivity index (χ1v) is 12.5. The Morgan fingerprint density at radius 2 is 1.74 bits per heavy atom. The van der Waals surface area contributed by atoms with Crippen LogP contribution in [0.15, 0.2) is 54.6 Å². The van der Waals surface area contributed by atoms with Crippen LogP contribution in [0, 0.1) is 0 Å². The third kappa shape index (κ3) is 5.49. The quantitative estimate of drug-likeness (QED) is 0.514. The monoisotopic (exact) mass is 474 g/mol. The van der Waals surface area contributed by atoms with Crippen LogP contribution in [0.1, 0.15) is 18.9 Å². The van der Waals surface area contributed by atoms with Crippen LogP contribution in [-0.2, 0) is 6.54 Å². The lowest BCUT2D eigenvalue weighted by molar-refractivity contribution is 0.127. The number of anilines is 2. The summed E-state index contributed by atoms with van der Waals surface area (Å²) in [5.74, 6) is 1.46. The molecule has 5 rings (SSSR count). The Hall–Kier alpha value is -3.36. The molecule has 8 nitrogen and oxygen atoms in total. The molecule has 0 amide bonds. The molecule has 184 valence electrons. The van der Waals surface area contributed by atoms with Crippen molar-refractivity contribution in [2.45, 2.75) is 26.0 Å². The van der Waals surface area contributed by atoms with Crippen LogP contribution in [0.3, 0.4) is 0 Å². The van der Waals surface area contributed by atoms with Crippen LogP contribution < -0.4 is 15.4 Å². The van der Waals surface area contributed by atoms with Crippen LogP contribution in [0.4, 0.5) is 11.5 Å². The molecule has 3 aromatic rings. The van der Waals surface area contributed by atoms with Crippen molar-refractivity contribution in [3.63, 3.8) is 0 Å². The maximum absolute atomic E-state index is 10.2. The molecule has 0 bridgehead atoms. The Bertz CT molecular complexity index is 1140. The van der Waals surface area contributed by atoms with Crippen LogP contribution in [-0.4, -0.2) is 77.0 Å². The average molecular weight is 475 g/mol. The summed E-state index contributed by atoms with van der Waals surface area (Å²) < 4.78 is 6.27. The van der Waals surface area contributed by atoms with E-state index >= 15 is 0 Å². The van der Waals surface area contributed by atoms with Crippen molar-refractivity contribution in [3.05, 3.63) is 60.2 Å². The van der Waals surface area contributed by atoms with E-state index in [2.05, 4.69) is 50.0 Å². The minimum Gasteiger partial charge on any atom is -0.507 e. The van der Waals surface area contributed by atoms with Crippen molar-refractivity contribution in [3.8, 4) is 22.8 Å². The zero-order chi connectivity index (χ0) is 24.2. The first-order valence-electron chi connectivity index (χ1n) is 12.5. The molecule has 2 saturated heterocycles. The topological polar surface area (TPSA) is 91.0 Å². The fraction of sp³-hybridized carbons (Fsp3) is 0.407. The molecule has 0 spiro atoms. The summed E-state index contributed by atoms with van der Waals surface area (Å²) >= 11 is 0. The second kappa shape index (κ2) is 10.5. The van der Waals surface area contributed by atoms with Crippen LogP contribution in [0.2, 0.25) is 0 Å². The summed E-state index contributed by atoms with van der Waals surface area (Å²) in [7, 11) is 0. The number of para-hydroxylation sites is 1. The average Bonchev–Trinajstić information content (AvgIpc) is 2.84. The van der Waals surface area contributed by atoms with E-state index in [0.717, 1.165) is 57.3 Å². The predicted molar refractivity (Wildman–Crippen MR) is 139 cm³/mol. The number of aromatic nitrogens is 2.